The Morgan fingerprint density at radius 1 is 1.35 bits per heavy atom. The topological polar surface area (TPSA) is 41.1 Å². The predicted octanol–water partition coefficient (Wildman–Crippen LogP) is 2.29. The number of anilines is 1. The summed E-state index contributed by atoms with van der Waals surface area (Å²) in [6, 6.07) is 3.96. The molecule has 0 aromatic heterocycles. The summed E-state index contributed by atoms with van der Waals surface area (Å²) in [5, 5.41) is 5.39. The third kappa shape index (κ3) is 4.48. The second kappa shape index (κ2) is 6.30. The molecule has 0 unspecified atom stereocenters. The molecule has 17 heavy (non-hydrogen) atoms. The van der Waals surface area contributed by atoms with Crippen molar-refractivity contribution in [3.63, 3.8) is 0 Å². The van der Waals surface area contributed by atoms with Crippen LogP contribution in [0.2, 0.25) is 0 Å². The Balaban J connectivity index is 2.48. The van der Waals surface area contributed by atoms with E-state index in [1.54, 1.807) is 0 Å². The van der Waals surface area contributed by atoms with Crippen molar-refractivity contribution in [2.24, 2.45) is 0 Å². The van der Waals surface area contributed by atoms with Crippen LogP contribution in [0.5, 0.6) is 0 Å². The lowest BCUT2D eigenvalue weighted by Gasteiger charge is -2.09. The van der Waals surface area contributed by atoms with Gasteiger partial charge in [0.25, 0.3) is 0 Å². The molecule has 0 fully saturated rings. The third-order valence-electron chi connectivity index (χ3n) is 2.13. The average Bonchev–Trinajstić information content (AvgIpc) is 2.24. The van der Waals surface area contributed by atoms with Crippen LogP contribution >= 0.6 is 0 Å². The molecule has 3 nitrogen and oxygen atoms in total. The van der Waals surface area contributed by atoms with Gasteiger partial charge in [-0.05, 0) is 12.1 Å². The maximum absolute atomic E-state index is 13.2. The Kier molecular flexibility index (Phi) is 5.03. The van der Waals surface area contributed by atoms with Gasteiger partial charge in [-0.1, -0.05) is 19.9 Å². The normalized spacial score (nSPS) is 10.6. The highest BCUT2D eigenvalue weighted by Crippen LogP contribution is 2.16. The molecule has 1 aromatic rings. The van der Waals surface area contributed by atoms with E-state index in [0.29, 0.717) is 6.54 Å². The third-order valence-corrected chi connectivity index (χ3v) is 2.13. The molecule has 0 radical (unpaired) electrons. The fraction of sp³-hybridized carbons (Fsp3) is 0.417. The van der Waals surface area contributed by atoms with Gasteiger partial charge < -0.3 is 10.6 Å². The highest BCUT2D eigenvalue weighted by atomic mass is 19.2. The highest BCUT2D eigenvalue weighted by molar-refractivity contribution is 5.90. The van der Waals surface area contributed by atoms with Crippen LogP contribution in [-0.4, -0.2) is 18.5 Å². The molecule has 1 aromatic carbocycles. The molecule has 0 spiro atoms. The lowest BCUT2D eigenvalue weighted by Crippen LogP contribution is -2.27. The van der Waals surface area contributed by atoms with E-state index in [1.165, 1.54) is 12.1 Å². The number of rotatable bonds is 5. The van der Waals surface area contributed by atoms with Gasteiger partial charge in [-0.15, -0.1) is 0 Å². The molecular weight excluding hydrogens is 226 g/mol. The number of hydrogen-bond acceptors (Lipinski definition) is 2. The molecule has 0 heterocycles. The van der Waals surface area contributed by atoms with Crippen LogP contribution in [-0.2, 0) is 4.79 Å². The molecule has 0 saturated heterocycles. The zero-order valence-corrected chi connectivity index (χ0v) is 9.89. The van der Waals surface area contributed by atoms with Crippen molar-refractivity contribution in [3.05, 3.63) is 29.8 Å². The van der Waals surface area contributed by atoms with Crippen LogP contribution in [0.4, 0.5) is 14.5 Å². The monoisotopic (exact) mass is 242 g/mol. The summed E-state index contributed by atoms with van der Waals surface area (Å²) in [5.74, 6) is -2.34. The lowest BCUT2D eigenvalue weighted by molar-refractivity contribution is -0.116. The number of benzene rings is 1. The summed E-state index contributed by atoms with van der Waals surface area (Å²) in [6.07, 6.45) is 0.216. The van der Waals surface area contributed by atoms with E-state index in [9.17, 15) is 13.6 Å². The molecule has 0 bridgehead atoms. The number of nitrogens with one attached hydrogen (secondary N) is 2. The zero-order chi connectivity index (χ0) is 12.8. The molecule has 0 saturated carbocycles. The number of hydrogen-bond donors (Lipinski definition) is 2. The molecule has 1 rings (SSSR count). The van der Waals surface area contributed by atoms with Crippen LogP contribution in [0.1, 0.15) is 20.3 Å². The van der Waals surface area contributed by atoms with E-state index < -0.39 is 11.6 Å². The summed E-state index contributed by atoms with van der Waals surface area (Å²) >= 11 is 0. The first-order valence-corrected chi connectivity index (χ1v) is 5.48. The van der Waals surface area contributed by atoms with Crippen LogP contribution in [0.15, 0.2) is 18.2 Å². The maximum atomic E-state index is 13.2. The minimum atomic E-state index is -1.03. The highest BCUT2D eigenvalue weighted by Gasteiger charge is 2.10. The fourth-order valence-electron chi connectivity index (χ4n) is 1.29. The first kappa shape index (κ1) is 13.6. The zero-order valence-electron chi connectivity index (χ0n) is 9.89. The first-order valence-electron chi connectivity index (χ1n) is 5.48. The molecule has 1 amide bonds. The van der Waals surface area contributed by atoms with E-state index in [0.717, 1.165) is 6.07 Å². The van der Waals surface area contributed by atoms with Crippen molar-refractivity contribution in [1.82, 2.24) is 5.32 Å². The van der Waals surface area contributed by atoms with E-state index >= 15 is 0 Å². The van der Waals surface area contributed by atoms with Crippen molar-refractivity contribution < 1.29 is 13.6 Å². The quantitative estimate of drug-likeness (QED) is 0.831. The van der Waals surface area contributed by atoms with Crippen LogP contribution in [0, 0.1) is 11.6 Å². The van der Waals surface area contributed by atoms with Gasteiger partial charge in [0.2, 0.25) is 5.91 Å². The molecule has 2 N–H and O–H groups in total. The molecule has 0 aliphatic heterocycles. The second-order valence-corrected chi connectivity index (χ2v) is 4.01. The van der Waals surface area contributed by atoms with E-state index in [1.807, 2.05) is 13.8 Å². The van der Waals surface area contributed by atoms with Gasteiger partial charge in [-0.25, -0.2) is 8.78 Å². The van der Waals surface area contributed by atoms with Crippen LogP contribution < -0.4 is 10.6 Å². The number of carbonyl (C=O) groups excluding carboxylic acids is 1. The molecule has 5 heteroatoms. The van der Waals surface area contributed by atoms with Crippen molar-refractivity contribution in [2.75, 3.05) is 11.9 Å². The van der Waals surface area contributed by atoms with Crippen molar-refractivity contribution >= 4 is 11.6 Å². The molecule has 94 valence electrons. The molecule has 0 aliphatic rings. The Labute approximate surface area is 99.2 Å². The summed E-state index contributed by atoms with van der Waals surface area (Å²) in [7, 11) is 0. The lowest BCUT2D eigenvalue weighted by atomic mass is 10.2. The minimum absolute atomic E-state index is 0.125. The molecule has 0 atom stereocenters. The van der Waals surface area contributed by atoms with Gasteiger partial charge in [0, 0.05) is 19.0 Å². The SMILES string of the molecule is CC(C)NCCC(=O)Nc1cccc(F)c1F. The Hall–Kier alpha value is -1.49. The van der Waals surface area contributed by atoms with E-state index in [2.05, 4.69) is 10.6 Å². The van der Waals surface area contributed by atoms with Gasteiger partial charge in [-0.3, -0.25) is 4.79 Å². The number of carbonyl (C=O) groups is 1. The molecule has 0 aliphatic carbocycles. The van der Waals surface area contributed by atoms with Crippen LogP contribution in [0.3, 0.4) is 0 Å². The van der Waals surface area contributed by atoms with Gasteiger partial charge in [0.15, 0.2) is 11.6 Å². The predicted molar refractivity (Wildman–Crippen MR) is 62.7 cm³/mol. The summed E-state index contributed by atoms with van der Waals surface area (Å²) in [5.41, 5.74) is -0.125. The second-order valence-electron chi connectivity index (χ2n) is 4.01. The van der Waals surface area contributed by atoms with Gasteiger partial charge >= 0.3 is 0 Å². The summed E-state index contributed by atoms with van der Waals surface area (Å²) < 4.78 is 26.1. The number of halogens is 2. The Morgan fingerprint density at radius 3 is 2.71 bits per heavy atom. The van der Waals surface area contributed by atoms with Crippen LogP contribution in [0.25, 0.3) is 0 Å². The van der Waals surface area contributed by atoms with Gasteiger partial charge in [-0.2, -0.15) is 0 Å². The number of amides is 1. The summed E-state index contributed by atoms with van der Waals surface area (Å²) in [6.45, 7) is 4.43. The summed E-state index contributed by atoms with van der Waals surface area (Å²) in [4.78, 5) is 11.4. The van der Waals surface area contributed by atoms with Gasteiger partial charge in [0.05, 0.1) is 5.69 Å². The standard InChI is InChI=1S/C12H16F2N2O/c1-8(2)15-7-6-11(17)16-10-5-3-4-9(13)12(10)14/h3-5,8,15H,6-7H2,1-2H3,(H,16,17). The fourth-order valence-corrected chi connectivity index (χ4v) is 1.29. The molecular formula is C12H16F2N2O. The first-order chi connectivity index (χ1) is 8.00. The van der Waals surface area contributed by atoms with E-state index in [-0.39, 0.29) is 24.1 Å². The van der Waals surface area contributed by atoms with Crippen molar-refractivity contribution in [3.8, 4) is 0 Å². The maximum Gasteiger partial charge on any atom is 0.225 e. The van der Waals surface area contributed by atoms with Crippen molar-refractivity contribution in [1.29, 1.82) is 0 Å². The smallest absolute Gasteiger partial charge is 0.225 e. The van der Waals surface area contributed by atoms with E-state index in [4.69, 9.17) is 0 Å². The Morgan fingerprint density at radius 2 is 2.06 bits per heavy atom. The van der Waals surface area contributed by atoms with Crippen molar-refractivity contribution in [2.45, 2.75) is 26.3 Å². The average molecular weight is 242 g/mol. The Bertz CT molecular complexity index is 394. The largest absolute Gasteiger partial charge is 0.323 e. The van der Waals surface area contributed by atoms with Gasteiger partial charge in [0.1, 0.15) is 0 Å². The minimum Gasteiger partial charge on any atom is -0.323 e.